The predicted octanol–water partition coefficient (Wildman–Crippen LogP) is 4.22. The van der Waals surface area contributed by atoms with Crippen molar-refractivity contribution in [2.75, 3.05) is 35.0 Å². The van der Waals surface area contributed by atoms with Crippen LogP contribution in [0.15, 0.2) is 58.5 Å². The zero-order chi connectivity index (χ0) is 30.7. The number of allylic oxidation sites excluding steroid dienone is 2. The van der Waals surface area contributed by atoms with Crippen molar-refractivity contribution in [3.05, 3.63) is 86.3 Å². The molecule has 9 heteroatoms. The first-order valence-electron chi connectivity index (χ1n) is 14.4. The van der Waals surface area contributed by atoms with Gasteiger partial charge in [0.25, 0.3) is 0 Å². The minimum absolute atomic E-state index is 0.0528. The summed E-state index contributed by atoms with van der Waals surface area (Å²) in [5, 5.41) is 0. The van der Waals surface area contributed by atoms with Crippen LogP contribution in [-0.4, -0.2) is 74.3 Å². The molecule has 3 heterocycles. The van der Waals surface area contributed by atoms with Gasteiger partial charge in [-0.3, -0.25) is 19.3 Å². The molecule has 2 aromatic rings. The van der Waals surface area contributed by atoms with Crippen molar-refractivity contribution < 1.29 is 33.3 Å². The summed E-state index contributed by atoms with van der Waals surface area (Å²) in [6, 6.07) is 8.02. The van der Waals surface area contributed by atoms with E-state index < -0.39 is 18.1 Å². The highest BCUT2D eigenvalue weighted by molar-refractivity contribution is 6.25. The Labute approximate surface area is 251 Å². The number of rotatable bonds is 7. The van der Waals surface area contributed by atoms with Crippen molar-refractivity contribution in [2.24, 2.45) is 0 Å². The van der Waals surface area contributed by atoms with Crippen molar-refractivity contribution in [1.82, 2.24) is 9.80 Å². The van der Waals surface area contributed by atoms with Crippen molar-refractivity contribution in [3.8, 4) is 11.5 Å². The lowest BCUT2D eigenvalue weighted by atomic mass is 9.73. The van der Waals surface area contributed by atoms with Gasteiger partial charge >= 0.3 is 0 Å². The summed E-state index contributed by atoms with van der Waals surface area (Å²) in [6.45, 7) is 6.12. The quantitative estimate of drug-likeness (QED) is 0.447. The minimum atomic E-state index is -0.632. The first kappa shape index (κ1) is 28.9. The van der Waals surface area contributed by atoms with Crippen LogP contribution in [0.2, 0.25) is 0 Å². The van der Waals surface area contributed by atoms with Crippen LogP contribution in [0.1, 0.15) is 47.2 Å². The molecule has 43 heavy (non-hydrogen) atoms. The molecule has 4 aliphatic rings. The fourth-order valence-electron chi connectivity index (χ4n) is 7.11. The molecule has 1 fully saturated rings. The van der Waals surface area contributed by atoms with Gasteiger partial charge < -0.3 is 23.8 Å². The van der Waals surface area contributed by atoms with Crippen LogP contribution >= 0.6 is 0 Å². The van der Waals surface area contributed by atoms with Gasteiger partial charge in [-0.2, -0.15) is 0 Å². The number of hydrogen-bond donors (Lipinski definition) is 0. The van der Waals surface area contributed by atoms with E-state index in [9.17, 15) is 14.4 Å². The third kappa shape index (κ3) is 4.17. The number of methoxy groups -OCH3 is 3. The zero-order valence-electron chi connectivity index (χ0n) is 25.6. The number of Topliss-reactive ketones (excluding diaryl/α,β-unsaturated/α-hetero) is 2. The van der Waals surface area contributed by atoms with E-state index in [2.05, 4.69) is 0 Å². The fraction of sp³-hybridized carbons (Fsp3) is 0.382. The van der Waals surface area contributed by atoms with Crippen LogP contribution in [0, 0.1) is 13.8 Å². The third-order valence-electron chi connectivity index (χ3n) is 9.37. The molecule has 3 aliphatic heterocycles. The Bertz CT molecular complexity index is 1650. The number of carbonyl (C=O) groups is 3. The molecule has 2 bridgehead atoms. The van der Waals surface area contributed by atoms with E-state index in [0.29, 0.717) is 34.9 Å². The lowest BCUT2D eigenvalue weighted by Gasteiger charge is -2.54. The summed E-state index contributed by atoms with van der Waals surface area (Å²) in [7, 11) is 6.45. The molecule has 2 aromatic carbocycles. The number of piperazine rings is 1. The van der Waals surface area contributed by atoms with Crippen molar-refractivity contribution in [3.63, 3.8) is 0 Å². The van der Waals surface area contributed by atoms with Gasteiger partial charge in [0.15, 0.2) is 23.0 Å². The number of likely N-dealkylation sites (N-methyl/N-ethyl adjacent to an activating group) is 1. The SMILES string of the molecule is COC1=C(C)C(=O)C2=C(C1=O)C1C3=Cc4c(C)c(C)c(OC)c(OC)c4[C@H](COCc4ccccc4)N3C(=O)C(C2)N1C. The van der Waals surface area contributed by atoms with Crippen LogP contribution in [0.4, 0.5) is 0 Å². The highest BCUT2D eigenvalue weighted by atomic mass is 16.5. The van der Waals surface area contributed by atoms with Gasteiger partial charge in [0, 0.05) is 34.4 Å². The number of hydrogen-bond acceptors (Lipinski definition) is 8. The van der Waals surface area contributed by atoms with Gasteiger partial charge in [-0.05, 0) is 56.1 Å². The van der Waals surface area contributed by atoms with Crippen molar-refractivity contribution in [1.29, 1.82) is 0 Å². The summed E-state index contributed by atoms with van der Waals surface area (Å²) in [5.74, 6) is 0.488. The van der Waals surface area contributed by atoms with Crippen molar-refractivity contribution >= 4 is 23.5 Å². The maximum Gasteiger partial charge on any atom is 0.245 e. The monoisotopic (exact) mass is 584 g/mol. The van der Waals surface area contributed by atoms with E-state index in [1.165, 1.54) is 7.11 Å². The molecule has 0 aromatic heterocycles. The van der Waals surface area contributed by atoms with E-state index in [4.69, 9.17) is 18.9 Å². The van der Waals surface area contributed by atoms with Crippen LogP contribution in [0.5, 0.6) is 11.5 Å². The average Bonchev–Trinajstić information content (AvgIpc) is 3.00. The lowest BCUT2D eigenvalue weighted by Crippen LogP contribution is -2.64. The Morgan fingerprint density at radius 2 is 1.58 bits per heavy atom. The number of benzene rings is 2. The first-order valence-corrected chi connectivity index (χ1v) is 14.4. The molecule has 1 amide bonds. The number of fused-ring (bicyclic) bond motifs is 6. The first-order chi connectivity index (χ1) is 20.7. The molecule has 0 saturated carbocycles. The second-order valence-corrected chi connectivity index (χ2v) is 11.4. The van der Waals surface area contributed by atoms with Crippen LogP contribution in [-0.2, 0) is 30.5 Å². The Kier molecular flexibility index (Phi) is 7.26. The van der Waals surface area contributed by atoms with Gasteiger partial charge in [-0.25, -0.2) is 0 Å². The molecule has 0 radical (unpaired) electrons. The molecule has 9 nitrogen and oxygen atoms in total. The smallest absolute Gasteiger partial charge is 0.245 e. The molecule has 2 unspecified atom stereocenters. The average molecular weight is 585 g/mol. The van der Waals surface area contributed by atoms with Gasteiger partial charge in [0.2, 0.25) is 11.7 Å². The highest BCUT2D eigenvalue weighted by Gasteiger charge is 2.55. The highest BCUT2D eigenvalue weighted by Crippen LogP contribution is 2.53. The van der Waals surface area contributed by atoms with E-state index in [0.717, 1.165) is 27.8 Å². The lowest BCUT2D eigenvalue weighted by molar-refractivity contribution is -0.145. The van der Waals surface area contributed by atoms with E-state index in [-0.39, 0.29) is 41.8 Å². The fourth-order valence-corrected chi connectivity index (χ4v) is 7.11. The number of nitrogens with zero attached hydrogens (tertiary/aromatic N) is 2. The summed E-state index contributed by atoms with van der Waals surface area (Å²) in [6.07, 6.45) is 2.11. The van der Waals surface area contributed by atoms with E-state index in [1.807, 2.05) is 62.2 Å². The van der Waals surface area contributed by atoms with Gasteiger partial charge in [0.05, 0.1) is 52.7 Å². The summed E-state index contributed by atoms with van der Waals surface area (Å²) >= 11 is 0. The van der Waals surface area contributed by atoms with Crippen LogP contribution in [0.3, 0.4) is 0 Å². The molecule has 6 rings (SSSR count). The molecule has 1 saturated heterocycles. The molecule has 0 N–H and O–H groups in total. The Hall–Kier alpha value is -4.21. The van der Waals surface area contributed by atoms with Gasteiger partial charge in [0.1, 0.15) is 0 Å². The zero-order valence-corrected chi connectivity index (χ0v) is 25.6. The topological polar surface area (TPSA) is 94.6 Å². The minimum Gasteiger partial charge on any atom is -0.493 e. The normalized spacial score (nSPS) is 23.1. The molecule has 224 valence electrons. The number of ether oxygens (including phenoxy) is 4. The van der Waals surface area contributed by atoms with E-state index in [1.54, 1.807) is 26.0 Å². The standard InChI is InChI=1S/C34H36N2O7/c1-17-18(2)32(41-6)33(42-7)26-21(17)13-23-28-27-22(29(37)19(3)31(40-5)30(27)38)14-24(35(28)4)34(39)36(23)25(26)16-43-15-20-11-9-8-10-12-20/h8-13,24-25,28H,14-16H2,1-7H3/t24?,25-,28?/m0/s1. The van der Waals surface area contributed by atoms with Crippen LogP contribution < -0.4 is 9.47 Å². The summed E-state index contributed by atoms with van der Waals surface area (Å²) in [5.41, 5.74) is 6.24. The molecule has 3 atom stereocenters. The Morgan fingerprint density at radius 3 is 2.23 bits per heavy atom. The van der Waals surface area contributed by atoms with Gasteiger partial charge in [-0.1, -0.05) is 30.3 Å². The maximum atomic E-state index is 14.5. The number of ketones is 2. The molecular weight excluding hydrogens is 548 g/mol. The predicted molar refractivity (Wildman–Crippen MR) is 159 cm³/mol. The largest absolute Gasteiger partial charge is 0.493 e. The van der Waals surface area contributed by atoms with Crippen LogP contribution in [0.25, 0.3) is 6.08 Å². The molecular formula is C34H36N2O7. The van der Waals surface area contributed by atoms with E-state index >= 15 is 0 Å². The maximum absolute atomic E-state index is 14.5. The Morgan fingerprint density at radius 1 is 0.884 bits per heavy atom. The summed E-state index contributed by atoms with van der Waals surface area (Å²) < 4.78 is 23.5. The third-order valence-corrected chi connectivity index (χ3v) is 9.37. The second kappa shape index (κ2) is 10.8. The second-order valence-electron chi connectivity index (χ2n) is 11.4. The molecule has 1 aliphatic carbocycles. The number of amides is 1. The Balaban J connectivity index is 1.55. The summed E-state index contributed by atoms with van der Waals surface area (Å²) in [4.78, 5) is 45.5. The van der Waals surface area contributed by atoms with Gasteiger partial charge in [-0.15, -0.1) is 0 Å². The number of carbonyl (C=O) groups excluding carboxylic acids is 3. The molecule has 0 spiro atoms. The van der Waals surface area contributed by atoms with Crippen molar-refractivity contribution in [2.45, 2.75) is 51.9 Å².